The van der Waals surface area contributed by atoms with Crippen LogP contribution < -0.4 is 0 Å². The summed E-state index contributed by atoms with van der Waals surface area (Å²) in [6, 6.07) is 8.31. The molecule has 0 amide bonds. The zero-order chi connectivity index (χ0) is 12.9. The topological polar surface area (TPSA) is 20.2 Å². The smallest absolute Gasteiger partial charge is 0.0580 e. The molecule has 0 aliphatic carbocycles. The van der Waals surface area contributed by atoms with Crippen LogP contribution >= 0.6 is 0 Å². The summed E-state index contributed by atoms with van der Waals surface area (Å²) in [7, 11) is 0. The molecule has 0 aliphatic heterocycles. The Morgan fingerprint density at radius 1 is 1.18 bits per heavy atom. The van der Waals surface area contributed by atoms with Gasteiger partial charge in [-0.25, -0.2) is 0 Å². The predicted molar refractivity (Wildman–Crippen MR) is 74.2 cm³/mol. The van der Waals surface area contributed by atoms with Crippen molar-refractivity contribution in [3.8, 4) is 0 Å². The molecule has 96 valence electrons. The summed E-state index contributed by atoms with van der Waals surface area (Å²) >= 11 is 0. The van der Waals surface area contributed by atoms with E-state index < -0.39 is 0 Å². The lowest BCUT2D eigenvalue weighted by Crippen LogP contribution is -2.13. The molecule has 0 bridgehead atoms. The molecule has 0 aromatic heterocycles. The van der Waals surface area contributed by atoms with Gasteiger partial charge < -0.3 is 5.11 Å². The first kappa shape index (κ1) is 14.2. The third-order valence-corrected chi connectivity index (χ3v) is 3.18. The first-order valence-corrected chi connectivity index (χ1v) is 6.61. The van der Waals surface area contributed by atoms with Gasteiger partial charge in [-0.3, -0.25) is 0 Å². The minimum absolute atomic E-state index is 0.196. The molecular weight excluding hydrogens is 208 g/mol. The van der Waals surface area contributed by atoms with E-state index in [4.69, 9.17) is 0 Å². The zero-order valence-electron chi connectivity index (χ0n) is 11.7. The Bertz CT molecular complexity index is 336. The summed E-state index contributed by atoms with van der Waals surface area (Å²) in [5.74, 6) is 0. The molecule has 0 aliphatic rings. The fraction of sp³-hybridized carbons (Fsp3) is 0.625. The van der Waals surface area contributed by atoms with E-state index in [-0.39, 0.29) is 6.10 Å². The highest BCUT2D eigenvalue weighted by molar-refractivity contribution is 5.26. The average Bonchev–Trinajstić information content (AvgIpc) is 2.19. The van der Waals surface area contributed by atoms with Crippen LogP contribution in [0.1, 0.15) is 51.2 Å². The van der Waals surface area contributed by atoms with Crippen LogP contribution in [0.4, 0.5) is 0 Å². The molecule has 1 nitrogen and oxygen atoms in total. The lowest BCUT2D eigenvalue weighted by atomic mass is 9.88. The molecule has 1 aromatic carbocycles. The second kappa shape index (κ2) is 6.20. The number of aliphatic hydroxyl groups is 1. The average molecular weight is 234 g/mol. The van der Waals surface area contributed by atoms with Crippen LogP contribution in [0, 0.1) is 12.3 Å². The second-order valence-electron chi connectivity index (χ2n) is 6.24. The summed E-state index contributed by atoms with van der Waals surface area (Å²) in [6.07, 6.45) is 3.79. The fourth-order valence-electron chi connectivity index (χ4n) is 2.06. The molecule has 1 atom stereocenters. The highest BCUT2D eigenvalue weighted by Gasteiger charge is 2.12. The third-order valence-electron chi connectivity index (χ3n) is 3.18. The zero-order valence-corrected chi connectivity index (χ0v) is 11.7. The fourth-order valence-corrected chi connectivity index (χ4v) is 2.06. The van der Waals surface area contributed by atoms with E-state index in [2.05, 4.69) is 39.8 Å². The highest BCUT2D eigenvalue weighted by atomic mass is 16.3. The largest absolute Gasteiger partial charge is 0.393 e. The lowest BCUT2D eigenvalue weighted by Gasteiger charge is -2.19. The first-order chi connectivity index (χ1) is 7.88. The van der Waals surface area contributed by atoms with Crippen molar-refractivity contribution in [2.45, 2.75) is 59.5 Å². The van der Waals surface area contributed by atoms with Crippen LogP contribution in [0.15, 0.2) is 24.3 Å². The van der Waals surface area contributed by atoms with Crippen molar-refractivity contribution in [3.05, 3.63) is 35.4 Å². The van der Waals surface area contributed by atoms with Crippen LogP contribution in [0.5, 0.6) is 0 Å². The van der Waals surface area contributed by atoms with Gasteiger partial charge in [0.1, 0.15) is 0 Å². The Labute approximate surface area is 106 Å². The van der Waals surface area contributed by atoms with Gasteiger partial charge in [0.2, 0.25) is 0 Å². The Balaban J connectivity index is 2.35. The van der Waals surface area contributed by atoms with Gasteiger partial charge in [0, 0.05) is 0 Å². The van der Waals surface area contributed by atoms with Crippen LogP contribution in [-0.4, -0.2) is 11.2 Å². The molecular formula is C16H26O. The second-order valence-corrected chi connectivity index (χ2v) is 6.24. The van der Waals surface area contributed by atoms with Crippen LogP contribution in [0.3, 0.4) is 0 Å². The number of hydrogen-bond donors (Lipinski definition) is 1. The molecule has 0 spiro atoms. The molecule has 0 radical (unpaired) electrons. The number of rotatable bonds is 5. The first-order valence-electron chi connectivity index (χ1n) is 6.61. The Morgan fingerprint density at radius 3 is 2.41 bits per heavy atom. The summed E-state index contributed by atoms with van der Waals surface area (Å²) in [4.78, 5) is 0. The van der Waals surface area contributed by atoms with E-state index in [9.17, 15) is 5.11 Å². The van der Waals surface area contributed by atoms with Gasteiger partial charge in [0.05, 0.1) is 6.10 Å². The highest BCUT2D eigenvalue weighted by Crippen LogP contribution is 2.22. The van der Waals surface area contributed by atoms with Gasteiger partial charge in [0.25, 0.3) is 0 Å². The minimum atomic E-state index is -0.196. The quantitative estimate of drug-likeness (QED) is 0.812. The van der Waals surface area contributed by atoms with E-state index in [0.29, 0.717) is 5.41 Å². The van der Waals surface area contributed by atoms with E-state index in [1.54, 1.807) is 0 Å². The SMILES string of the molecule is Cc1ccccc1CC(O)CCCC(C)(C)C. The van der Waals surface area contributed by atoms with Crippen molar-refractivity contribution in [1.82, 2.24) is 0 Å². The van der Waals surface area contributed by atoms with Crippen LogP contribution in [-0.2, 0) is 6.42 Å². The standard InChI is InChI=1S/C16H26O/c1-13-8-5-6-9-14(13)12-15(17)10-7-11-16(2,3)4/h5-6,8-9,15,17H,7,10-12H2,1-4H3. The van der Waals surface area contributed by atoms with Crippen molar-refractivity contribution in [3.63, 3.8) is 0 Å². The van der Waals surface area contributed by atoms with E-state index in [0.717, 1.165) is 19.3 Å². The van der Waals surface area contributed by atoms with Crippen molar-refractivity contribution in [1.29, 1.82) is 0 Å². The third kappa shape index (κ3) is 5.88. The molecule has 1 N–H and O–H groups in total. The van der Waals surface area contributed by atoms with Crippen molar-refractivity contribution >= 4 is 0 Å². The molecule has 1 aromatic rings. The maximum absolute atomic E-state index is 10.0. The maximum Gasteiger partial charge on any atom is 0.0580 e. The number of aliphatic hydroxyl groups excluding tert-OH is 1. The molecule has 0 fully saturated rings. The van der Waals surface area contributed by atoms with Crippen molar-refractivity contribution in [2.75, 3.05) is 0 Å². The van der Waals surface area contributed by atoms with Crippen molar-refractivity contribution in [2.24, 2.45) is 5.41 Å². The molecule has 0 saturated heterocycles. The summed E-state index contributed by atoms with van der Waals surface area (Å²) in [6.45, 7) is 8.86. The van der Waals surface area contributed by atoms with Crippen LogP contribution in [0.25, 0.3) is 0 Å². The van der Waals surface area contributed by atoms with Gasteiger partial charge in [-0.15, -0.1) is 0 Å². The van der Waals surface area contributed by atoms with E-state index >= 15 is 0 Å². The van der Waals surface area contributed by atoms with Gasteiger partial charge >= 0.3 is 0 Å². The Kier molecular flexibility index (Phi) is 5.20. The van der Waals surface area contributed by atoms with Gasteiger partial charge in [-0.1, -0.05) is 51.5 Å². The normalized spacial score (nSPS) is 13.7. The monoisotopic (exact) mass is 234 g/mol. The molecule has 0 saturated carbocycles. The number of benzene rings is 1. The molecule has 1 unspecified atom stereocenters. The predicted octanol–water partition coefficient (Wildman–Crippen LogP) is 4.11. The maximum atomic E-state index is 10.0. The summed E-state index contributed by atoms with van der Waals surface area (Å²) < 4.78 is 0. The van der Waals surface area contributed by atoms with Gasteiger partial charge in [-0.05, 0) is 42.7 Å². The Morgan fingerprint density at radius 2 is 1.82 bits per heavy atom. The van der Waals surface area contributed by atoms with Gasteiger partial charge in [-0.2, -0.15) is 0 Å². The van der Waals surface area contributed by atoms with Crippen molar-refractivity contribution < 1.29 is 5.11 Å². The molecule has 1 rings (SSSR count). The molecule has 1 heteroatoms. The minimum Gasteiger partial charge on any atom is -0.393 e. The van der Waals surface area contributed by atoms with E-state index in [1.807, 2.05) is 12.1 Å². The summed E-state index contributed by atoms with van der Waals surface area (Å²) in [5, 5.41) is 10.0. The molecule has 17 heavy (non-hydrogen) atoms. The number of aryl methyl sites for hydroxylation is 1. The van der Waals surface area contributed by atoms with Gasteiger partial charge in [0.15, 0.2) is 0 Å². The summed E-state index contributed by atoms with van der Waals surface area (Å²) in [5.41, 5.74) is 2.93. The lowest BCUT2D eigenvalue weighted by molar-refractivity contribution is 0.155. The van der Waals surface area contributed by atoms with Crippen LogP contribution in [0.2, 0.25) is 0 Å². The molecule has 0 heterocycles. The Hall–Kier alpha value is -0.820. The number of hydrogen-bond acceptors (Lipinski definition) is 1. The van der Waals surface area contributed by atoms with E-state index in [1.165, 1.54) is 17.5 Å².